The highest BCUT2D eigenvalue weighted by Gasteiger charge is 2.54. The van der Waals surface area contributed by atoms with Crippen molar-refractivity contribution in [1.29, 1.82) is 0 Å². The first kappa shape index (κ1) is 31.6. The van der Waals surface area contributed by atoms with Gasteiger partial charge in [-0.3, -0.25) is 9.79 Å². The van der Waals surface area contributed by atoms with Crippen LogP contribution < -0.4 is 4.74 Å². The third-order valence-corrected chi connectivity index (χ3v) is 10.3. The van der Waals surface area contributed by atoms with Gasteiger partial charge >= 0.3 is 5.97 Å². The highest BCUT2D eigenvalue weighted by molar-refractivity contribution is 6.48. The number of rotatable bonds is 9. The number of amides is 1. The average molecular weight is 648 g/mol. The normalized spacial score (nSPS) is 22.4. The molecule has 0 N–H and O–H groups in total. The molecule has 3 aromatic rings. The Morgan fingerprint density at radius 3 is 2.27 bits per heavy atom. The van der Waals surface area contributed by atoms with E-state index in [1.165, 1.54) is 7.11 Å². The third kappa shape index (κ3) is 6.50. The van der Waals surface area contributed by atoms with E-state index in [1.54, 1.807) is 24.3 Å². The van der Waals surface area contributed by atoms with Gasteiger partial charge in [0, 0.05) is 5.56 Å². The van der Waals surface area contributed by atoms with Crippen molar-refractivity contribution >= 4 is 40.8 Å². The van der Waals surface area contributed by atoms with Gasteiger partial charge in [0.05, 0.1) is 28.8 Å². The zero-order chi connectivity index (χ0) is 31.7. The summed E-state index contributed by atoms with van der Waals surface area (Å²) in [4.78, 5) is 34.3. The Labute approximate surface area is 275 Å². The lowest BCUT2D eigenvalue weighted by Crippen LogP contribution is -2.49. The van der Waals surface area contributed by atoms with E-state index in [1.807, 2.05) is 42.5 Å². The summed E-state index contributed by atoms with van der Waals surface area (Å²) in [5.74, 6) is 1.40. The van der Waals surface area contributed by atoms with E-state index in [9.17, 15) is 9.59 Å². The molecule has 2 aliphatic carbocycles. The number of hydrogen-bond donors (Lipinski definition) is 0. The van der Waals surface area contributed by atoms with Gasteiger partial charge in [-0.2, -0.15) is 0 Å². The van der Waals surface area contributed by atoms with Crippen LogP contribution in [0.4, 0.5) is 0 Å². The summed E-state index contributed by atoms with van der Waals surface area (Å²) in [5, 5.41) is 0.684. The quantitative estimate of drug-likeness (QED) is 0.217. The number of nitrogens with zero attached hydrogens (tertiary/aromatic N) is 2. The van der Waals surface area contributed by atoms with Gasteiger partial charge in [-0.1, -0.05) is 85.9 Å². The molecular formula is C37H40Cl2N2O4. The molecule has 0 aromatic heterocycles. The minimum Gasteiger partial charge on any atom is -0.486 e. The fraction of sp³-hybridized carbons (Fsp3) is 0.432. The standard InChI is InChI=1S/C37H40Cl2N2O4/c1-23(2)25-10-7-18-37(19-17-25)40-32(29-20-30(38)34(31(39)21-29)45-22-24-8-5-4-6-9-24)35(42)41(37)33(26-11-12-26)27-13-15-28(16-14-27)36(43)44-3/h4-6,8-9,13-16,20-21,23,25-26,33H,7,10-12,17-19,22H2,1-3H3. The van der Waals surface area contributed by atoms with Crippen LogP contribution in [0.15, 0.2) is 71.7 Å². The molecular weight excluding hydrogens is 607 g/mol. The molecule has 2 fully saturated rings. The highest BCUT2D eigenvalue weighted by Crippen LogP contribution is 2.52. The Balaban J connectivity index is 1.37. The molecule has 6 nitrogen and oxygen atoms in total. The fourth-order valence-electron chi connectivity index (χ4n) is 7.08. The molecule has 3 aliphatic rings. The minimum atomic E-state index is -0.661. The number of methoxy groups -OCH3 is 1. The second-order valence-corrected chi connectivity index (χ2v) is 13.8. The zero-order valence-electron chi connectivity index (χ0n) is 26.1. The van der Waals surface area contributed by atoms with Gasteiger partial charge in [-0.15, -0.1) is 0 Å². The van der Waals surface area contributed by atoms with Gasteiger partial charge in [-0.25, -0.2) is 4.79 Å². The molecule has 1 amide bonds. The molecule has 1 heterocycles. The summed E-state index contributed by atoms with van der Waals surface area (Å²) < 4.78 is 10.9. The Morgan fingerprint density at radius 1 is 0.956 bits per heavy atom. The van der Waals surface area contributed by atoms with Crippen LogP contribution in [0.1, 0.15) is 91.9 Å². The number of carbonyl (C=O) groups excluding carboxylic acids is 2. The van der Waals surface area contributed by atoms with Gasteiger partial charge in [0.15, 0.2) is 5.75 Å². The van der Waals surface area contributed by atoms with Crippen molar-refractivity contribution in [1.82, 2.24) is 4.90 Å². The first-order valence-electron chi connectivity index (χ1n) is 16.0. The van der Waals surface area contributed by atoms with Crippen molar-refractivity contribution in [3.05, 3.63) is 99.0 Å². The first-order chi connectivity index (χ1) is 21.7. The van der Waals surface area contributed by atoms with E-state index in [0.717, 1.165) is 56.1 Å². The molecule has 45 heavy (non-hydrogen) atoms. The van der Waals surface area contributed by atoms with Crippen molar-refractivity contribution in [2.24, 2.45) is 22.7 Å². The van der Waals surface area contributed by atoms with E-state index in [-0.39, 0.29) is 17.9 Å². The zero-order valence-corrected chi connectivity index (χ0v) is 27.6. The molecule has 1 spiro atoms. The molecule has 3 aromatic carbocycles. The van der Waals surface area contributed by atoms with E-state index in [4.69, 9.17) is 37.7 Å². The number of halogens is 2. The predicted octanol–water partition coefficient (Wildman–Crippen LogP) is 9.07. The maximum atomic E-state index is 14.7. The number of aliphatic imine (C=N–C) groups is 1. The SMILES string of the molecule is COC(=O)c1ccc(C(C2CC2)N2C(=O)C(c3cc(Cl)c(OCc4ccccc4)c(Cl)c3)=NC23CCCC(C(C)C)CC3)cc1. The van der Waals surface area contributed by atoms with Crippen LogP contribution in [0.25, 0.3) is 0 Å². The monoisotopic (exact) mass is 646 g/mol. The van der Waals surface area contributed by atoms with Gasteiger partial charge < -0.3 is 14.4 Å². The predicted molar refractivity (Wildman–Crippen MR) is 178 cm³/mol. The Bertz CT molecular complexity index is 1560. The van der Waals surface area contributed by atoms with Crippen molar-refractivity contribution in [2.75, 3.05) is 7.11 Å². The lowest BCUT2D eigenvalue weighted by atomic mass is 9.88. The number of carbonyl (C=O) groups is 2. The molecule has 2 saturated carbocycles. The number of benzene rings is 3. The maximum Gasteiger partial charge on any atom is 0.337 e. The molecule has 3 atom stereocenters. The van der Waals surface area contributed by atoms with E-state index in [0.29, 0.717) is 57.0 Å². The van der Waals surface area contributed by atoms with Crippen molar-refractivity contribution in [2.45, 2.75) is 77.1 Å². The molecule has 3 unspecified atom stereocenters. The van der Waals surface area contributed by atoms with Crippen molar-refractivity contribution in [3.8, 4) is 5.75 Å². The molecule has 236 valence electrons. The maximum absolute atomic E-state index is 14.7. The number of hydrogen-bond acceptors (Lipinski definition) is 5. The van der Waals surface area contributed by atoms with E-state index in [2.05, 4.69) is 18.7 Å². The topological polar surface area (TPSA) is 68.2 Å². The summed E-state index contributed by atoms with van der Waals surface area (Å²) in [6.45, 7) is 4.90. The smallest absolute Gasteiger partial charge is 0.337 e. The van der Waals surface area contributed by atoms with Crippen LogP contribution in [0, 0.1) is 17.8 Å². The second-order valence-electron chi connectivity index (χ2n) is 13.0. The molecule has 0 bridgehead atoms. The highest BCUT2D eigenvalue weighted by atomic mass is 35.5. The van der Waals surface area contributed by atoms with Crippen LogP contribution in [-0.2, 0) is 16.1 Å². The molecule has 0 radical (unpaired) electrons. The van der Waals surface area contributed by atoms with Gasteiger partial charge in [0.2, 0.25) is 0 Å². The second kappa shape index (κ2) is 13.2. The Hall–Kier alpha value is -3.35. The summed E-state index contributed by atoms with van der Waals surface area (Å²) >= 11 is 13.5. The van der Waals surface area contributed by atoms with Gasteiger partial charge in [0.1, 0.15) is 18.0 Å². The first-order valence-corrected chi connectivity index (χ1v) is 16.7. The van der Waals surface area contributed by atoms with Crippen LogP contribution in [0.3, 0.4) is 0 Å². The van der Waals surface area contributed by atoms with Gasteiger partial charge in [-0.05, 0) is 91.7 Å². The van der Waals surface area contributed by atoms with Crippen LogP contribution in [0.5, 0.6) is 5.75 Å². The largest absolute Gasteiger partial charge is 0.486 e. The Kier molecular flexibility index (Phi) is 9.26. The Morgan fingerprint density at radius 2 is 1.64 bits per heavy atom. The summed E-state index contributed by atoms with van der Waals surface area (Å²) in [6, 6.07) is 20.7. The van der Waals surface area contributed by atoms with E-state index >= 15 is 0 Å². The van der Waals surface area contributed by atoms with Crippen LogP contribution in [-0.4, -0.2) is 35.3 Å². The van der Waals surface area contributed by atoms with Crippen molar-refractivity contribution < 1.29 is 19.1 Å². The lowest BCUT2D eigenvalue weighted by Gasteiger charge is -2.42. The average Bonchev–Trinajstić information content (AvgIpc) is 3.86. The fourth-order valence-corrected chi connectivity index (χ4v) is 7.68. The van der Waals surface area contributed by atoms with Crippen molar-refractivity contribution in [3.63, 3.8) is 0 Å². The summed E-state index contributed by atoms with van der Waals surface area (Å²) in [7, 11) is 1.38. The molecule has 6 rings (SSSR count). The van der Waals surface area contributed by atoms with Crippen LogP contribution >= 0.6 is 23.2 Å². The summed E-state index contributed by atoms with van der Waals surface area (Å²) in [5.41, 5.74) is 2.84. The van der Waals surface area contributed by atoms with Gasteiger partial charge in [0.25, 0.3) is 5.91 Å². The van der Waals surface area contributed by atoms with Crippen LogP contribution in [0.2, 0.25) is 10.0 Å². The lowest BCUT2D eigenvalue weighted by molar-refractivity contribution is -0.132. The minimum absolute atomic E-state index is 0.1000. The molecule has 1 aliphatic heterocycles. The number of ether oxygens (including phenoxy) is 2. The summed E-state index contributed by atoms with van der Waals surface area (Å²) in [6.07, 6.45) is 6.81. The number of esters is 1. The third-order valence-electron chi connectivity index (χ3n) is 9.72. The molecule has 8 heteroatoms. The molecule has 0 saturated heterocycles. The van der Waals surface area contributed by atoms with E-state index < -0.39 is 5.66 Å².